The van der Waals surface area contributed by atoms with Gasteiger partial charge in [-0.25, -0.2) is 0 Å². The molecule has 60 heavy (non-hydrogen) atoms. The number of esters is 1. The smallest absolute Gasteiger partial charge is 0.311 e. The quantitative estimate of drug-likeness (QED) is 0.117. The maximum Gasteiger partial charge on any atom is 0.311 e. The summed E-state index contributed by atoms with van der Waals surface area (Å²) in [5, 5.41) is 63.2. The van der Waals surface area contributed by atoms with Gasteiger partial charge in [0, 0.05) is 39.0 Å². The summed E-state index contributed by atoms with van der Waals surface area (Å²) >= 11 is 0. The van der Waals surface area contributed by atoms with Gasteiger partial charge in [0.05, 0.1) is 66.9 Å². The zero-order chi connectivity index (χ0) is 45.3. The van der Waals surface area contributed by atoms with Gasteiger partial charge in [0.1, 0.15) is 36.2 Å². The minimum absolute atomic E-state index is 0.0306. The number of ketones is 1. The molecule has 350 valence electrons. The topological polar surface area (TPSA) is 234 Å². The lowest BCUT2D eigenvalue weighted by Crippen LogP contribution is -2.77. The maximum atomic E-state index is 15.0. The predicted octanol–water partition coefficient (Wildman–Crippen LogP) is 0.640. The Kier molecular flexibility index (Phi) is 16.8. The Morgan fingerprint density at radius 3 is 2.17 bits per heavy atom. The van der Waals surface area contributed by atoms with Crippen molar-refractivity contribution in [1.29, 1.82) is 0 Å². The number of ether oxygens (including phenoxy) is 9. The van der Waals surface area contributed by atoms with E-state index in [4.69, 9.17) is 42.6 Å². The second-order valence-corrected chi connectivity index (χ2v) is 18.9. The number of likely N-dealkylation sites (N-methyl/N-ethyl adjacent to an activating group) is 1. The van der Waals surface area contributed by atoms with Crippen molar-refractivity contribution in [3.63, 3.8) is 0 Å². The highest BCUT2D eigenvalue weighted by Gasteiger charge is 2.64. The zero-order valence-electron chi connectivity index (χ0n) is 38.2. The average molecular weight is 865 g/mol. The monoisotopic (exact) mass is 865 g/mol. The predicted molar refractivity (Wildman–Crippen MR) is 215 cm³/mol. The van der Waals surface area contributed by atoms with E-state index in [1.165, 1.54) is 35.0 Å². The van der Waals surface area contributed by atoms with Crippen LogP contribution in [0.3, 0.4) is 0 Å². The van der Waals surface area contributed by atoms with Crippen molar-refractivity contribution in [2.75, 3.05) is 48.1 Å². The second kappa shape index (κ2) is 19.7. The van der Waals surface area contributed by atoms with Crippen LogP contribution in [-0.2, 0) is 52.2 Å². The van der Waals surface area contributed by atoms with Gasteiger partial charge in [-0.3, -0.25) is 14.9 Å². The highest BCUT2D eigenvalue weighted by atomic mass is 16.7. The maximum absolute atomic E-state index is 15.0. The van der Waals surface area contributed by atoms with Crippen LogP contribution in [0.1, 0.15) is 94.9 Å². The summed E-state index contributed by atoms with van der Waals surface area (Å²) in [6.07, 6.45) is -12.3. The average Bonchev–Trinajstić information content (AvgIpc) is 3.17. The molecule has 4 aliphatic rings. The van der Waals surface area contributed by atoms with Gasteiger partial charge in [0.2, 0.25) is 0 Å². The van der Waals surface area contributed by atoms with Gasteiger partial charge in [0.15, 0.2) is 24.0 Å². The normalized spacial score (nSPS) is 48.7. The molecule has 2 bridgehead atoms. The number of Topliss-reactive ketones (excluding diaryl/α,β-unsaturated/α-hetero) is 1. The zero-order valence-corrected chi connectivity index (χ0v) is 38.2. The number of carbonyl (C=O) groups is 2. The molecular weight excluding hydrogens is 788 g/mol. The van der Waals surface area contributed by atoms with Crippen molar-refractivity contribution in [3.05, 3.63) is 0 Å². The lowest BCUT2D eigenvalue weighted by atomic mass is 9.68. The Morgan fingerprint density at radius 2 is 1.58 bits per heavy atom. The van der Waals surface area contributed by atoms with E-state index in [0.717, 1.165) is 0 Å². The number of hydrogen-bond acceptors (Lipinski definition) is 18. The number of aliphatic hydroxyl groups is 5. The number of nitrogens with zero attached hydrogens (tertiary/aromatic N) is 1. The molecule has 4 rings (SSSR count). The highest BCUT2D eigenvalue weighted by Crippen LogP contribution is 2.44. The molecule has 0 aliphatic carbocycles. The molecule has 0 radical (unpaired) electrons. The molecule has 1 unspecified atom stereocenters. The number of hydrogen-bond donors (Lipinski definition) is 6. The first-order valence-electron chi connectivity index (χ1n) is 21.3. The van der Waals surface area contributed by atoms with E-state index in [9.17, 15) is 30.3 Å². The molecule has 19 atom stereocenters. The molecule has 4 aliphatic heterocycles. The van der Waals surface area contributed by atoms with Gasteiger partial charge >= 0.3 is 5.97 Å². The number of methoxy groups -OCH3 is 2. The van der Waals surface area contributed by atoms with Crippen LogP contribution < -0.4 is 5.32 Å². The number of aliphatic hydroxyl groups excluding tert-OH is 3. The van der Waals surface area contributed by atoms with E-state index < -0.39 is 113 Å². The van der Waals surface area contributed by atoms with Crippen LogP contribution in [0.15, 0.2) is 0 Å². The first-order chi connectivity index (χ1) is 27.7. The third-order valence-corrected chi connectivity index (χ3v) is 13.4. The number of cyclic esters (lactones) is 1. The van der Waals surface area contributed by atoms with E-state index in [1.54, 1.807) is 41.5 Å². The van der Waals surface area contributed by atoms with Gasteiger partial charge < -0.3 is 73.1 Å². The molecule has 4 saturated heterocycles. The van der Waals surface area contributed by atoms with E-state index in [2.05, 4.69) is 5.32 Å². The van der Waals surface area contributed by atoms with E-state index >= 15 is 4.79 Å². The molecule has 0 saturated carbocycles. The summed E-state index contributed by atoms with van der Waals surface area (Å²) in [6.45, 7) is 16.2. The molecule has 4 fully saturated rings. The first kappa shape index (κ1) is 51.2. The number of carbonyl (C=O) groups excluding carboxylic acids is 2. The number of fused-ring (bicyclic) bond motifs is 2. The second-order valence-electron chi connectivity index (χ2n) is 18.9. The molecule has 4 heterocycles. The third-order valence-electron chi connectivity index (χ3n) is 13.4. The van der Waals surface area contributed by atoms with Gasteiger partial charge in [-0.15, -0.1) is 0 Å². The number of nitrogens with one attached hydrogen (secondary N) is 1. The molecule has 0 spiro atoms. The van der Waals surface area contributed by atoms with Crippen LogP contribution in [0.4, 0.5) is 0 Å². The van der Waals surface area contributed by atoms with Crippen molar-refractivity contribution < 1.29 is 77.8 Å². The Bertz CT molecular complexity index is 1440. The molecule has 0 aromatic carbocycles. The van der Waals surface area contributed by atoms with Crippen molar-refractivity contribution in [1.82, 2.24) is 10.2 Å². The van der Waals surface area contributed by atoms with Crippen LogP contribution in [0.2, 0.25) is 0 Å². The number of rotatable bonds is 12. The van der Waals surface area contributed by atoms with Crippen molar-refractivity contribution >= 4 is 11.8 Å². The van der Waals surface area contributed by atoms with Crippen molar-refractivity contribution in [2.24, 2.45) is 11.8 Å². The molecule has 6 N–H and O–H groups in total. The molecule has 0 aromatic heterocycles. The standard InChI is InChI=1S/C42H76N2O16/c1-15-27-41(9,51)37(49)42(10)36(48)38(6,43-28(60-42)20-54-17-16-52-13)21-39(7,50)33(59-35-30(45)26(44(11)12)18-22(2)55-35)23(3)31(24(4)34(47)57-27)58-29-19-40(8,53-14)32(46)25(5)56-29/h22-33,35,37,43,45-46,49-51H,15-21H2,1-14H3/t22-,23-,24+,25-,26+,27-,28?,29-,30-,31-,32-,33+,35+,37-,38-,39+,40+,41+,42+/m1/s1. The minimum atomic E-state index is -2.25. The Morgan fingerprint density at radius 1 is 0.933 bits per heavy atom. The van der Waals surface area contributed by atoms with Gasteiger partial charge in [-0.05, 0) is 82.3 Å². The molecule has 0 amide bonds. The summed E-state index contributed by atoms with van der Waals surface area (Å²) in [5.41, 5.74) is -9.19. The Balaban J connectivity index is 1.92. The van der Waals surface area contributed by atoms with Crippen LogP contribution >= 0.6 is 0 Å². The summed E-state index contributed by atoms with van der Waals surface area (Å²) in [5.74, 6) is -3.64. The molecular formula is C42H76N2O16. The highest BCUT2D eigenvalue weighted by molar-refractivity contribution is 5.96. The fourth-order valence-corrected chi connectivity index (χ4v) is 9.90. The lowest BCUT2D eigenvalue weighted by Gasteiger charge is -2.54. The van der Waals surface area contributed by atoms with Crippen LogP contribution in [-0.4, -0.2) is 192 Å². The summed E-state index contributed by atoms with van der Waals surface area (Å²) in [4.78, 5) is 31.3. The summed E-state index contributed by atoms with van der Waals surface area (Å²) in [6, 6.07) is -0.384. The van der Waals surface area contributed by atoms with Gasteiger partial charge in [-0.1, -0.05) is 13.8 Å². The lowest BCUT2D eigenvalue weighted by molar-refractivity contribution is -0.319. The van der Waals surface area contributed by atoms with E-state index in [-0.39, 0.29) is 51.2 Å². The van der Waals surface area contributed by atoms with E-state index in [1.807, 2.05) is 25.9 Å². The fourth-order valence-electron chi connectivity index (χ4n) is 9.90. The van der Waals surface area contributed by atoms with E-state index in [0.29, 0.717) is 6.42 Å². The summed E-state index contributed by atoms with van der Waals surface area (Å²) < 4.78 is 54.9. The SMILES string of the molecule is CC[C@H]1OC(=O)[C@@H](C)[C@H](O[C@@H]2C[C@](C)(OC)[C@H](O)[C@@H](C)O2)[C@@H](C)[C@H](O[C@@H]2O[C@H](C)C[C@H](N(C)C)[C@H]2O)[C@@](C)(O)C[C@@]2(C)NC(COCCOC)O[C@@](C)(C2=O)[C@H](O)[C@@]1(C)O. The Hall–Kier alpha value is -1.46. The van der Waals surface area contributed by atoms with Crippen LogP contribution in [0.25, 0.3) is 0 Å². The van der Waals surface area contributed by atoms with Gasteiger partial charge in [0.25, 0.3) is 0 Å². The van der Waals surface area contributed by atoms with Crippen LogP contribution in [0, 0.1) is 11.8 Å². The first-order valence-corrected chi connectivity index (χ1v) is 21.3. The Labute approximate surface area is 355 Å². The molecule has 18 nitrogen and oxygen atoms in total. The molecule has 0 aromatic rings. The van der Waals surface area contributed by atoms with Gasteiger partial charge in [-0.2, -0.15) is 0 Å². The van der Waals surface area contributed by atoms with Crippen molar-refractivity contribution in [3.8, 4) is 0 Å². The molecule has 18 heteroatoms. The van der Waals surface area contributed by atoms with Crippen LogP contribution in [0.5, 0.6) is 0 Å². The largest absolute Gasteiger partial charge is 0.459 e. The summed E-state index contributed by atoms with van der Waals surface area (Å²) in [7, 11) is 6.67. The minimum Gasteiger partial charge on any atom is -0.459 e. The fraction of sp³-hybridized carbons (Fsp3) is 0.952. The third kappa shape index (κ3) is 10.6. The van der Waals surface area contributed by atoms with Crippen molar-refractivity contribution in [2.45, 2.75) is 197 Å².